The number of benzene rings is 1. The van der Waals surface area contributed by atoms with Gasteiger partial charge in [0, 0.05) is 10.6 Å². The molecule has 0 atom stereocenters. The van der Waals surface area contributed by atoms with Crippen LogP contribution in [0.5, 0.6) is 5.75 Å². The molecule has 0 saturated heterocycles. The molecule has 100 valence electrons. The third-order valence-electron chi connectivity index (χ3n) is 2.24. The van der Waals surface area contributed by atoms with Crippen molar-refractivity contribution in [3.63, 3.8) is 0 Å². The standard InChI is InChI=1S/C13H12BrNO3S/c14-12-6-5-11(19-12)7-18-13(16)8-17-10-3-1-9(15)2-4-10/h1-6H,7-8,15H2. The maximum Gasteiger partial charge on any atom is 0.344 e. The molecule has 0 aliphatic heterocycles. The van der Waals surface area contributed by atoms with Gasteiger partial charge in [0.1, 0.15) is 12.4 Å². The number of rotatable bonds is 5. The van der Waals surface area contributed by atoms with Crippen LogP contribution in [0, 0.1) is 0 Å². The molecule has 0 amide bonds. The number of halogens is 1. The topological polar surface area (TPSA) is 61.5 Å². The van der Waals surface area contributed by atoms with Gasteiger partial charge in [0.25, 0.3) is 0 Å². The second-order valence-corrected chi connectivity index (χ2v) is 6.27. The zero-order valence-corrected chi connectivity index (χ0v) is 12.4. The van der Waals surface area contributed by atoms with Crippen LogP contribution in [0.1, 0.15) is 4.88 Å². The second kappa shape index (κ2) is 6.58. The Kier molecular flexibility index (Phi) is 4.81. The van der Waals surface area contributed by atoms with Gasteiger partial charge in [-0.1, -0.05) is 0 Å². The third-order valence-corrected chi connectivity index (χ3v) is 3.84. The zero-order valence-electron chi connectivity index (χ0n) is 9.97. The molecule has 4 nitrogen and oxygen atoms in total. The lowest BCUT2D eigenvalue weighted by molar-refractivity contribution is -0.147. The van der Waals surface area contributed by atoms with Crippen molar-refractivity contribution in [1.82, 2.24) is 0 Å². The molecule has 2 aromatic rings. The lowest BCUT2D eigenvalue weighted by Crippen LogP contribution is -2.14. The summed E-state index contributed by atoms with van der Waals surface area (Å²) < 4.78 is 11.4. The van der Waals surface area contributed by atoms with E-state index in [9.17, 15) is 4.79 Å². The summed E-state index contributed by atoms with van der Waals surface area (Å²) in [6.45, 7) is 0.149. The van der Waals surface area contributed by atoms with E-state index >= 15 is 0 Å². The first kappa shape index (κ1) is 13.9. The maximum absolute atomic E-state index is 11.5. The first-order valence-electron chi connectivity index (χ1n) is 5.51. The third kappa shape index (κ3) is 4.57. The van der Waals surface area contributed by atoms with Crippen LogP contribution in [-0.4, -0.2) is 12.6 Å². The van der Waals surface area contributed by atoms with Crippen molar-refractivity contribution >= 4 is 38.9 Å². The number of carbonyl (C=O) groups is 1. The quantitative estimate of drug-likeness (QED) is 0.670. The first-order chi connectivity index (χ1) is 9.13. The van der Waals surface area contributed by atoms with E-state index in [4.69, 9.17) is 15.2 Å². The summed E-state index contributed by atoms with van der Waals surface area (Å²) in [6, 6.07) is 10.7. The first-order valence-corrected chi connectivity index (χ1v) is 7.12. The van der Waals surface area contributed by atoms with Crippen LogP contribution >= 0.6 is 27.3 Å². The Balaban J connectivity index is 1.74. The fraction of sp³-hybridized carbons (Fsp3) is 0.154. The largest absolute Gasteiger partial charge is 0.482 e. The van der Waals surface area contributed by atoms with Gasteiger partial charge in [-0.2, -0.15) is 0 Å². The normalized spacial score (nSPS) is 10.2. The molecule has 2 N–H and O–H groups in total. The Morgan fingerprint density at radius 3 is 2.58 bits per heavy atom. The summed E-state index contributed by atoms with van der Waals surface area (Å²) in [5.74, 6) is 0.186. The molecule has 6 heteroatoms. The summed E-state index contributed by atoms with van der Waals surface area (Å²) in [7, 11) is 0. The highest BCUT2D eigenvalue weighted by Crippen LogP contribution is 2.22. The highest BCUT2D eigenvalue weighted by molar-refractivity contribution is 9.11. The maximum atomic E-state index is 11.5. The monoisotopic (exact) mass is 341 g/mol. The number of thiophene rings is 1. The lowest BCUT2D eigenvalue weighted by atomic mass is 10.3. The van der Waals surface area contributed by atoms with Gasteiger partial charge in [-0.05, 0) is 52.3 Å². The van der Waals surface area contributed by atoms with Gasteiger partial charge in [0.2, 0.25) is 0 Å². The Morgan fingerprint density at radius 2 is 1.95 bits per heavy atom. The van der Waals surface area contributed by atoms with E-state index in [2.05, 4.69) is 15.9 Å². The molecule has 1 heterocycles. The van der Waals surface area contributed by atoms with Crippen LogP contribution in [0.25, 0.3) is 0 Å². The average Bonchev–Trinajstić information content (AvgIpc) is 2.81. The summed E-state index contributed by atoms with van der Waals surface area (Å²) >= 11 is 4.88. The van der Waals surface area contributed by atoms with Crippen molar-refractivity contribution in [2.45, 2.75) is 6.61 Å². The molecule has 0 bridgehead atoms. The number of ether oxygens (including phenoxy) is 2. The smallest absolute Gasteiger partial charge is 0.344 e. The zero-order chi connectivity index (χ0) is 13.7. The molecule has 0 aliphatic rings. The fourth-order valence-electron chi connectivity index (χ4n) is 1.33. The number of hydrogen-bond donors (Lipinski definition) is 1. The Hall–Kier alpha value is -1.53. The summed E-state index contributed by atoms with van der Waals surface area (Å²) in [5, 5.41) is 0. The number of anilines is 1. The number of hydrogen-bond acceptors (Lipinski definition) is 5. The lowest BCUT2D eigenvalue weighted by Gasteiger charge is -2.06. The molecule has 19 heavy (non-hydrogen) atoms. The molecule has 0 radical (unpaired) electrons. The van der Waals surface area contributed by atoms with Crippen molar-refractivity contribution in [2.75, 3.05) is 12.3 Å². The Labute approximate surface area is 123 Å². The van der Waals surface area contributed by atoms with Gasteiger partial charge in [-0.15, -0.1) is 11.3 Å². The van der Waals surface area contributed by atoms with Crippen LogP contribution in [0.15, 0.2) is 40.2 Å². The highest BCUT2D eigenvalue weighted by Gasteiger charge is 2.06. The van der Waals surface area contributed by atoms with E-state index < -0.39 is 5.97 Å². The molecule has 0 aliphatic carbocycles. The highest BCUT2D eigenvalue weighted by atomic mass is 79.9. The second-order valence-electron chi connectivity index (χ2n) is 3.72. The number of nitrogen functional groups attached to an aromatic ring is 1. The van der Waals surface area contributed by atoms with E-state index in [1.54, 1.807) is 24.3 Å². The van der Waals surface area contributed by atoms with Crippen LogP contribution in [0.4, 0.5) is 5.69 Å². The van der Waals surface area contributed by atoms with Gasteiger partial charge in [-0.25, -0.2) is 4.79 Å². The fourth-order valence-corrected chi connectivity index (χ4v) is 2.73. The SMILES string of the molecule is Nc1ccc(OCC(=O)OCc2ccc(Br)s2)cc1. The number of carbonyl (C=O) groups excluding carboxylic acids is 1. The van der Waals surface area contributed by atoms with Gasteiger partial charge >= 0.3 is 5.97 Å². The number of nitrogens with two attached hydrogens (primary N) is 1. The van der Waals surface area contributed by atoms with Gasteiger partial charge in [0.15, 0.2) is 6.61 Å². The molecule has 0 unspecified atom stereocenters. The van der Waals surface area contributed by atoms with Crippen molar-refractivity contribution < 1.29 is 14.3 Å². The molecule has 0 fully saturated rings. The van der Waals surface area contributed by atoms with E-state index in [1.807, 2.05) is 12.1 Å². The average molecular weight is 342 g/mol. The predicted molar refractivity (Wildman–Crippen MR) is 78.2 cm³/mol. The summed E-state index contributed by atoms with van der Waals surface area (Å²) in [5.41, 5.74) is 6.20. The van der Waals surface area contributed by atoms with Gasteiger partial charge < -0.3 is 15.2 Å². The minimum Gasteiger partial charge on any atom is -0.482 e. The summed E-state index contributed by atoms with van der Waals surface area (Å²) in [6.07, 6.45) is 0. The van der Waals surface area contributed by atoms with E-state index in [0.717, 1.165) is 8.66 Å². The summed E-state index contributed by atoms with van der Waals surface area (Å²) in [4.78, 5) is 12.5. The van der Waals surface area contributed by atoms with Crippen LogP contribution in [-0.2, 0) is 16.1 Å². The Morgan fingerprint density at radius 1 is 1.21 bits per heavy atom. The number of esters is 1. The van der Waals surface area contributed by atoms with Crippen molar-refractivity contribution in [3.8, 4) is 5.75 Å². The van der Waals surface area contributed by atoms with Crippen molar-refractivity contribution in [2.24, 2.45) is 0 Å². The van der Waals surface area contributed by atoms with Gasteiger partial charge in [-0.3, -0.25) is 0 Å². The minimum atomic E-state index is -0.402. The van der Waals surface area contributed by atoms with Gasteiger partial charge in [0.05, 0.1) is 3.79 Å². The molecule has 1 aromatic carbocycles. The van der Waals surface area contributed by atoms with Crippen molar-refractivity contribution in [3.05, 3.63) is 45.1 Å². The van der Waals surface area contributed by atoms with Crippen LogP contribution < -0.4 is 10.5 Å². The molecule has 2 rings (SSSR count). The van der Waals surface area contributed by atoms with E-state index in [-0.39, 0.29) is 13.2 Å². The molecule has 1 aromatic heterocycles. The molecular weight excluding hydrogens is 330 g/mol. The molecule has 0 saturated carbocycles. The molecule has 0 spiro atoms. The predicted octanol–water partition coefficient (Wildman–Crippen LogP) is 3.22. The van der Waals surface area contributed by atoms with Crippen LogP contribution in [0.2, 0.25) is 0 Å². The van der Waals surface area contributed by atoms with Crippen molar-refractivity contribution in [1.29, 1.82) is 0 Å². The van der Waals surface area contributed by atoms with E-state index in [0.29, 0.717) is 11.4 Å². The van der Waals surface area contributed by atoms with Crippen LogP contribution in [0.3, 0.4) is 0 Å². The minimum absolute atomic E-state index is 0.115. The Bertz CT molecular complexity index is 553. The molecular formula is C13H12BrNO3S. The van der Waals surface area contributed by atoms with E-state index in [1.165, 1.54) is 11.3 Å².